The molecule has 1 aromatic heterocycles. The third kappa shape index (κ3) is 2.30. The van der Waals surface area contributed by atoms with Gasteiger partial charge in [-0.05, 0) is 0 Å². The number of nitrogens with two attached hydrogens (primary N) is 1. The zero-order chi connectivity index (χ0) is 10.7. The van der Waals surface area contributed by atoms with Crippen molar-refractivity contribution >= 4 is 5.91 Å². The van der Waals surface area contributed by atoms with Gasteiger partial charge in [0, 0.05) is 7.05 Å². The summed E-state index contributed by atoms with van der Waals surface area (Å²) in [6, 6.07) is 0. The van der Waals surface area contributed by atoms with Crippen LogP contribution < -0.4 is 5.73 Å². The molecule has 6 heteroatoms. The Balaban J connectivity index is 2.70. The van der Waals surface area contributed by atoms with Crippen molar-refractivity contribution in [3.8, 4) is 0 Å². The van der Waals surface area contributed by atoms with Crippen molar-refractivity contribution in [1.82, 2.24) is 9.55 Å². The van der Waals surface area contributed by atoms with Crippen LogP contribution in [0.25, 0.3) is 0 Å². The highest BCUT2D eigenvalue weighted by Gasteiger charge is 2.22. The monoisotopic (exact) mass is 199 g/mol. The van der Waals surface area contributed by atoms with Crippen LogP contribution in [-0.2, 0) is 11.8 Å². The molecule has 1 rings (SSSR count). The molecule has 0 bridgehead atoms. The van der Waals surface area contributed by atoms with Gasteiger partial charge in [-0.1, -0.05) is 0 Å². The molecule has 78 valence electrons. The van der Waals surface area contributed by atoms with Crippen LogP contribution in [0.5, 0.6) is 0 Å². The highest BCUT2D eigenvalue weighted by molar-refractivity contribution is 5.74. The Morgan fingerprint density at radius 1 is 1.71 bits per heavy atom. The van der Waals surface area contributed by atoms with Crippen molar-refractivity contribution in [3.05, 3.63) is 18.2 Å². The summed E-state index contributed by atoms with van der Waals surface area (Å²) in [5.74, 6) is -0.654. The molecule has 0 aliphatic heterocycles. The zero-order valence-electron chi connectivity index (χ0n) is 7.79. The Kier molecular flexibility index (Phi) is 3.21. The lowest BCUT2D eigenvalue weighted by Gasteiger charge is -2.16. The van der Waals surface area contributed by atoms with Crippen LogP contribution in [0.15, 0.2) is 12.5 Å². The number of primary amides is 1. The molecule has 1 amide bonds. The van der Waals surface area contributed by atoms with Gasteiger partial charge in [-0.2, -0.15) is 0 Å². The van der Waals surface area contributed by atoms with Gasteiger partial charge in [-0.15, -0.1) is 0 Å². The Morgan fingerprint density at radius 2 is 2.36 bits per heavy atom. The second-order valence-electron chi connectivity index (χ2n) is 3.11. The lowest BCUT2D eigenvalue weighted by atomic mass is 10.1. The molecular weight excluding hydrogens is 186 g/mol. The van der Waals surface area contributed by atoms with Gasteiger partial charge in [0.2, 0.25) is 5.91 Å². The quantitative estimate of drug-likeness (QED) is 0.560. The van der Waals surface area contributed by atoms with Crippen molar-refractivity contribution in [3.63, 3.8) is 0 Å². The Hall–Kier alpha value is -1.40. The number of imidazole rings is 1. The lowest BCUT2D eigenvalue weighted by Crippen LogP contribution is -2.26. The van der Waals surface area contributed by atoms with Crippen LogP contribution in [0.3, 0.4) is 0 Å². The number of carbonyl (C=O) groups excluding carboxylic acids is 1. The Bertz CT molecular complexity index is 323. The first-order valence-corrected chi connectivity index (χ1v) is 4.13. The molecule has 0 aromatic carbocycles. The van der Waals surface area contributed by atoms with E-state index in [1.165, 1.54) is 12.5 Å². The maximum atomic E-state index is 10.5. The SMILES string of the molecule is Cn1cncc1C(O)C(O)CC(N)=O. The highest BCUT2D eigenvalue weighted by Crippen LogP contribution is 2.17. The summed E-state index contributed by atoms with van der Waals surface area (Å²) in [7, 11) is 1.68. The van der Waals surface area contributed by atoms with Crippen LogP contribution in [0.4, 0.5) is 0 Å². The maximum absolute atomic E-state index is 10.5. The van der Waals surface area contributed by atoms with Crippen LogP contribution in [0.1, 0.15) is 18.2 Å². The molecule has 2 atom stereocenters. The van der Waals surface area contributed by atoms with Crippen LogP contribution in [0, 0.1) is 0 Å². The van der Waals surface area contributed by atoms with E-state index in [0.29, 0.717) is 5.69 Å². The normalized spacial score (nSPS) is 15.1. The van der Waals surface area contributed by atoms with Crippen LogP contribution in [-0.4, -0.2) is 31.8 Å². The van der Waals surface area contributed by atoms with E-state index in [4.69, 9.17) is 5.73 Å². The minimum atomic E-state index is -1.19. The summed E-state index contributed by atoms with van der Waals surface area (Å²) in [6.07, 6.45) is 0.314. The van der Waals surface area contributed by atoms with Gasteiger partial charge in [0.25, 0.3) is 0 Å². The molecule has 4 N–H and O–H groups in total. The van der Waals surface area contributed by atoms with Crippen molar-refractivity contribution in [2.45, 2.75) is 18.6 Å². The summed E-state index contributed by atoms with van der Waals surface area (Å²) >= 11 is 0. The highest BCUT2D eigenvalue weighted by atomic mass is 16.3. The summed E-state index contributed by atoms with van der Waals surface area (Å²) in [5.41, 5.74) is 5.33. The number of hydrogen-bond donors (Lipinski definition) is 3. The topological polar surface area (TPSA) is 101 Å². The fourth-order valence-corrected chi connectivity index (χ4v) is 1.17. The number of aryl methyl sites for hydroxylation is 1. The Labute approximate surface area is 81.0 Å². The molecule has 0 aliphatic carbocycles. The molecule has 6 nitrogen and oxygen atoms in total. The fourth-order valence-electron chi connectivity index (χ4n) is 1.17. The minimum absolute atomic E-state index is 0.271. The smallest absolute Gasteiger partial charge is 0.220 e. The lowest BCUT2D eigenvalue weighted by molar-refractivity contribution is -0.121. The molecule has 0 saturated heterocycles. The predicted octanol–water partition coefficient (Wildman–Crippen LogP) is -1.31. The van der Waals surface area contributed by atoms with E-state index in [1.807, 2.05) is 0 Å². The number of aromatic nitrogens is 2. The summed E-state index contributed by atoms with van der Waals surface area (Å²) in [4.78, 5) is 14.3. The van der Waals surface area contributed by atoms with Crippen LogP contribution in [0.2, 0.25) is 0 Å². The number of amides is 1. The van der Waals surface area contributed by atoms with Gasteiger partial charge in [0.05, 0.1) is 30.7 Å². The minimum Gasteiger partial charge on any atom is -0.389 e. The molecule has 1 heterocycles. The van der Waals surface area contributed by atoms with E-state index >= 15 is 0 Å². The number of hydrogen-bond acceptors (Lipinski definition) is 4. The summed E-state index contributed by atoms with van der Waals surface area (Å²) < 4.78 is 1.56. The Morgan fingerprint density at radius 3 is 2.79 bits per heavy atom. The van der Waals surface area contributed by atoms with Gasteiger partial charge in [0.15, 0.2) is 0 Å². The van der Waals surface area contributed by atoms with E-state index in [2.05, 4.69) is 4.98 Å². The third-order valence-electron chi connectivity index (χ3n) is 1.93. The molecule has 0 aliphatic rings. The molecule has 0 fully saturated rings. The zero-order valence-corrected chi connectivity index (χ0v) is 7.79. The summed E-state index contributed by atoms with van der Waals surface area (Å²) in [5, 5.41) is 19.0. The van der Waals surface area contributed by atoms with Crippen molar-refractivity contribution in [2.75, 3.05) is 0 Å². The van der Waals surface area contributed by atoms with E-state index in [-0.39, 0.29) is 6.42 Å². The second-order valence-corrected chi connectivity index (χ2v) is 3.11. The van der Waals surface area contributed by atoms with E-state index in [9.17, 15) is 15.0 Å². The van der Waals surface area contributed by atoms with Crippen molar-refractivity contribution in [2.24, 2.45) is 12.8 Å². The van der Waals surface area contributed by atoms with Crippen LogP contribution >= 0.6 is 0 Å². The number of aliphatic hydroxyl groups excluding tert-OH is 2. The largest absolute Gasteiger partial charge is 0.389 e. The molecule has 0 radical (unpaired) electrons. The molecule has 1 aromatic rings. The first kappa shape index (κ1) is 10.7. The first-order valence-electron chi connectivity index (χ1n) is 4.13. The molecular formula is C8H13N3O3. The standard InChI is InChI=1S/C8H13N3O3/c1-11-4-10-3-5(11)8(14)6(12)2-7(9)13/h3-4,6,8,12,14H,2H2,1H3,(H2,9,13). The van der Waals surface area contributed by atoms with Gasteiger partial charge in [-0.25, -0.2) is 4.98 Å². The van der Waals surface area contributed by atoms with E-state index in [1.54, 1.807) is 11.6 Å². The van der Waals surface area contributed by atoms with E-state index < -0.39 is 18.1 Å². The maximum Gasteiger partial charge on any atom is 0.220 e. The molecule has 0 spiro atoms. The first-order chi connectivity index (χ1) is 6.52. The predicted molar refractivity (Wildman–Crippen MR) is 48.0 cm³/mol. The van der Waals surface area contributed by atoms with Crippen molar-refractivity contribution in [1.29, 1.82) is 0 Å². The molecule has 2 unspecified atom stereocenters. The van der Waals surface area contributed by atoms with Gasteiger partial charge < -0.3 is 20.5 Å². The third-order valence-corrected chi connectivity index (χ3v) is 1.93. The average Bonchev–Trinajstić information content (AvgIpc) is 2.48. The number of rotatable bonds is 4. The van der Waals surface area contributed by atoms with Gasteiger partial charge in [-0.3, -0.25) is 4.79 Å². The fraction of sp³-hybridized carbons (Fsp3) is 0.500. The van der Waals surface area contributed by atoms with Crippen molar-refractivity contribution < 1.29 is 15.0 Å². The van der Waals surface area contributed by atoms with Gasteiger partial charge >= 0.3 is 0 Å². The van der Waals surface area contributed by atoms with E-state index in [0.717, 1.165) is 0 Å². The summed E-state index contributed by atoms with van der Waals surface area (Å²) in [6.45, 7) is 0. The van der Waals surface area contributed by atoms with Gasteiger partial charge in [0.1, 0.15) is 6.10 Å². The second kappa shape index (κ2) is 4.21. The molecule has 0 saturated carbocycles. The number of carbonyl (C=O) groups is 1. The average molecular weight is 199 g/mol. The number of nitrogens with zero attached hydrogens (tertiary/aromatic N) is 2. The molecule has 14 heavy (non-hydrogen) atoms. The number of aliphatic hydroxyl groups is 2.